The van der Waals surface area contributed by atoms with Crippen molar-refractivity contribution in [2.24, 2.45) is 5.92 Å². The zero-order valence-corrected chi connectivity index (χ0v) is 9.54. The molecule has 1 aliphatic carbocycles. The molecule has 15 heavy (non-hydrogen) atoms. The van der Waals surface area contributed by atoms with Gasteiger partial charge in [0.25, 0.3) is 0 Å². The third-order valence-corrected chi connectivity index (χ3v) is 2.80. The van der Waals surface area contributed by atoms with Crippen molar-refractivity contribution in [3.8, 4) is 0 Å². The Morgan fingerprint density at radius 3 is 2.60 bits per heavy atom. The first-order valence-corrected chi connectivity index (χ1v) is 5.49. The first kappa shape index (κ1) is 10.2. The second-order valence-electron chi connectivity index (χ2n) is 4.21. The highest BCUT2D eigenvalue weighted by atomic mass is 15.1. The largest absolute Gasteiger partial charge is 0.373 e. The van der Waals surface area contributed by atoms with E-state index in [-0.39, 0.29) is 0 Å². The molecule has 0 aromatic carbocycles. The van der Waals surface area contributed by atoms with Crippen LogP contribution >= 0.6 is 0 Å². The van der Waals surface area contributed by atoms with Crippen molar-refractivity contribution >= 4 is 11.6 Å². The zero-order valence-electron chi connectivity index (χ0n) is 9.54. The number of aromatic nitrogens is 2. The summed E-state index contributed by atoms with van der Waals surface area (Å²) in [7, 11) is 1.87. The van der Waals surface area contributed by atoms with Crippen molar-refractivity contribution in [3.05, 3.63) is 11.9 Å². The third kappa shape index (κ3) is 2.58. The Bertz CT molecular complexity index is 346. The van der Waals surface area contributed by atoms with E-state index in [1.807, 2.05) is 20.0 Å². The lowest BCUT2D eigenvalue weighted by Crippen LogP contribution is -2.18. The minimum Gasteiger partial charge on any atom is -0.373 e. The van der Waals surface area contributed by atoms with Crippen LogP contribution in [0.1, 0.15) is 25.6 Å². The Morgan fingerprint density at radius 1 is 1.33 bits per heavy atom. The molecular weight excluding hydrogens is 188 g/mol. The topological polar surface area (TPSA) is 49.8 Å². The molecule has 1 unspecified atom stereocenters. The van der Waals surface area contributed by atoms with E-state index in [4.69, 9.17) is 0 Å². The molecule has 1 atom stereocenters. The second-order valence-corrected chi connectivity index (χ2v) is 4.21. The summed E-state index contributed by atoms with van der Waals surface area (Å²) < 4.78 is 0. The van der Waals surface area contributed by atoms with Gasteiger partial charge in [-0.25, -0.2) is 9.97 Å². The molecular formula is C11H18N4. The maximum Gasteiger partial charge on any atom is 0.132 e. The van der Waals surface area contributed by atoms with Crippen molar-refractivity contribution < 1.29 is 0 Å². The van der Waals surface area contributed by atoms with Gasteiger partial charge in [0, 0.05) is 19.2 Å². The van der Waals surface area contributed by atoms with Gasteiger partial charge in [0.1, 0.15) is 17.5 Å². The van der Waals surface area contributed by atoms with Gasteiger partial charge in [-0.05, 0) is 32.6 Å². The number of anilines is 2. The average molecular weight is 206 g/mol. The summed E-state index contributed by atoms with van der Waals surface area (Å²) in [6.07, 6.45) is 2.69. The fourth-order valence-electron chi connectivity index (χ4n) is 1.72. The monoisotopic (exact) mass is 206 g/mol. The minimum absolute atomic E-state index is 0.518. The normalized spacial score (nSPS) is 17.3. The van der Waals surface area contributed by atoms with Crippen LogP contribution < -0.4 is 10.6 Å². The molecule has 1 aromatic heterocycles. The van der Waals surface area contributed by atoms with Crippen LogP contribution in [0, 0.1) is 12.8 Å². The molecule has 1 heterocycles. The summed E-state index contributed by atoms with van der Waals surface area (Å²) in [5, 5.41) is 6.46. The molecule has 2 N–H and O–H groups in total. The number of nitrogens with zero attached hydrogens (tertiary/aromatic N) is 2. The fraction of sp³-hybridized carbons (Fsp3) is 0.636. The Hall–Kier alpha value is -1.32. The van der Waals surface area contributed by atoms with Crippen LogP contribution in [0.3, 0.4) is 0 Å². The van der Waals surface area contributed by atoms with Gasteiger partial charge >= 0.3 is 0 Å². The predicted octanol–water partition coefficient (Wildman–Crippen LogP) is 2.04. The molecule has 0 bridgehead atoms. The van der Waals surface area contributed by atoms with Crippen molar-refractivity contribution in [2.45, 2.75) is 32.7 Å². The highest BCUT2D eigenvalue weighted by molar-refractivity contribution is 5.47. The van der Waals surface area contributed by atoms with Crippen molar-refractivity contribution in [2.75, 3.05) is 17.7 Å². The summed E-state index contributed by atoms with van der Waals surface area (Å²) in [6, 6.07) is 2.47. The Labute approximate surface area is 90.5 Å². The molecule has 0 amide bonds. The summed E-state index contributed by atoms with van der Waals surface area (Å²) in [5.41, 5.74) is 0. The average Bonchev–Trinajstić information content (AvgIpc) is 2.99. The van der Waals surface area contributed by atoms with E-state index in [9.17, 15) is 0 Å². The SMILES string of the molecule is CNc1cc(NC(C)C2CC2)nc(C)n1. The maximum atomic E-state index is 4.37. The lowest BCUT2D eigenvalue weighted by molar-refractivity contribution is 0.689. The molecule has 4 heteroatoms. The predicted molar refractivity (Wildman–Crippen MR) is 62.1 cm³/mol. The van der Waals surface area contributed by atoms with E-state index in [2.05, 4.69) is 27.5 Å². The minimum atomic E-state index is 0.518. The van der Waals surface area contributed by atoms with E-state index < -0.39 is 0 Å². The maximum absolute atomic E-state index is 4.37. The molecule has 2 rings (SSSR count). The molecule has 1 saturated carbocycles. The van der Waals surface area contributed by atoms with E-state index in [0.717, 1.165) is 23.4 Å². The highest BCUT2D eigenvalue weighted by Crippen LogP contribution is 2.33. The summed E-state index contributed by atoms with van der Waals surface area (Å²) in [6.45, 7) is 4.13. The number of rotatable bonds is 4. The fourth-order valence-corrected chi connectivity index (χ4v) is 1.72. The van der Waals surface area contributed by atoms with Crippen molar-refractivity contribution in [1.29, 1.82) is 0 Å². The van der Waals surface area contributed by atoms with Crippen LogP contribution in [-0.4, -0.2) is 23.1 Å². The molecule has 0 aliphatic heterocycles. The van der Waals surface area contributed by atoms with Crippen LogP contribution in [0.2, 0.25) is 0 Å². The van der Waals surface area contributed by atoms with Gasteiger partial charge in [0.05, 0.1) is 0 Å². The van der Waals surface area contributed by atoms with Gasteiger partial charge in [0.2, 0.25) is 0 Å². The number of aryl methyl sites for hydroxylation is 1. The van der Waals surface area contributed by atoms with Gasteiger partial charge in [-0.15, -0.1) is 0 Å². The molecule has 0 spiro atoms. The van der Waals surface area contributed by atoms with E-state index in [0.29, 0.717) is 6.04 Å². The van der Waals surface area contributed by atoms with Crippen LogP contribution in [0.5, 0.6) is 0 Å². The third-order valence-electron chi connectivity index (χ3n) is 2.80. The van der Waals surface area contributed by atoms with Gasteiger partial charge in [-0.1, -0.05) is 0 Å². The number of nitrogens with one attached hydrogen (secondary N) is 2. The van der Waals surface area contributed by atoms with Gasteiger partial charge < -0.3 is 10.6 Å². The Balaban J connectivity index is 2.08. The molecule has 1 aliphatic rings. The summed E-state index contributed by atoms with van der Waals surface area (Å²) >= 11 is 0. The van der Waals surface area contributed by atoms with Crippen LogP contribution in [0.4, 0.5) is 11.6 Å². The zero-order chi connectivity index (χ0) is 10.8. The smallest absolute Gasteiger partial charge is 0.132 e. The number of hydrogen-bond acceptors (Lipinski definition) is 4. The Morgan fingerprint density at radius 2 is 2.00 bits per heavy atom. The Kier molecular flexibility index (Phi) is 2.75. The van der Waals surface area contributed by atoms with Gasteiger partial charge in [-0.2, -0.15) is 0 Å². The summed E-state index contributed by atoms with van der Waals surface area (Å²) in [5.74, 6) is 3.42. The highest BCUT2D eigenvalue weighted by Gasteiger charge is 2.28. The first-order chi connectivity index (χ1) is 7.19. The molecule has 1 aromatic rings. The lowest BCUT2D eigenvalue weighted by Gasteiger charge is -2.14. The standard InChI is InChI=1S/C11H18N4/c1-7(9-4-5-9)13-11-6-10(12-3)14-8(2)15-11/h6-7,9H,4-5H2,1-3H3,(H2,12,13,14,15). The molecule has 0 radical (unpaired) electrons. The van der Waals surface area contributed by atoms with Crippen LogP contribution in [-0.2, 0) is 0 Å². The summed E-state index contributed by atoms with van der Waals surface area (Å²) in [4.78, 5) is 8.63. The molecule has 82 valence electrons. The number of hydrogen-bond donors (Lipinski definition) is 2. The molecule has 1 fully saturated rings. The van der Waals surface area contributed by atoms with Crippen LogP contribution in [0.15, 0.2) is 6.07 Å². The van der Waals surface area contributed by atoms with E-state index in [1.165, 1.54) is 12.8 Å². The van der Waals surface area contributed by atoms with Gasteiger partial charge in [-0.3, -0.25) is 0 Å². The second kappa shape index (κ2) is 4.04. The quantitative estimate of drug-likeness (QED) is 0.791. The van der Waals surface area contributed by atoms with Crippen molar-refractivity contribution in [1.82, 2.24) is 9.97 Å². The van der Waals surface area contributed by atoms with E-state index >= 15 is 0 Å². The van der Waals surface area contributed by atoms with Crippen LogP contribution in [0.25, 0.3) is 0 Å². The van der Waals surface area contributed by atoms with Gasteiger partial charge in [0.15, 0.2) is 0 Å². The first-order valence-electron chi connectivity index (χ1n) is 5.49. The lowest BCUT2D eigenvalue weighted by atomic mass is 10.2. The van der Waals surface area contributed by atoms with Crippen molar-refractivity contribution in [3.63, 3.8) is 0 Å². The molecule has 0 saturated heterocycles. The van der Waals surface area contributed by atoms with E-state index in [1.54, 1.807) is 0 Å². The molecule has 4 nitrogen and oxygen atoms in total.